The van der Waals surface area contributed by atoms with E-state index < -0.39 is 37.8 Å². The maximum atomic E-state index is 13.3. The largest absolute Gasteiger partial charge is 1.00 e. The minimum absolute atomic E-state index is 0. The van der Waals surface area contributed by atoms with E-state index in [1.165, 1.54) is 0 Å². The summed E-state index contributed by atoms with van der Waals surface area (Å²) in [6.07, 6.45) is 1.63. The molecule has 14 heteroatoms. The number of carbonyl (C=O) groups excluding carboxylic acids is 3. The van der Waals surface area contributed by atoms with Gasteiger partial charge in [-0.1, -0.05) is 62.4 Å². The Bertz CT molecular complexity index is 1390. The number of para-hydroxylation sites is 1. The van der Waals surface area contributed by atoms with Crippen molar-refractivity contribution in [1.29, 1.82) is 0 Å². The molecule has 0 aliphatic carbocycles. The van der Waals surface area contributed by atoms with Crippen LogP contribution in [0.3, 0.4) is 0 Å². The molecule has 0 bridgehead atoms. The van der Waals surface area contributed by atoms with E-state index in [9.17, 15) is 23.8 Å². The van der Waals surface area contributed by atoms with E-state index in [1.54, 1.807) is 13.1 Å². The van der Waals surface area contributed by atoms with Crippen LogP contribution in [0.5, 0.6) is 0 Å². The van der Waals surface area contributed by atoms with Crippen molar-refractivity contribution in [2.45, 2.75) is 58.7 Å². The van der Waals surface area contributed by atoms with Crippen molar-refractivity contribution in [2.75, 3.05) is 19.8 Å². The third-order valence-electron chi connectivity index (χ3n) is 6.39. The molecule has 0 aliphatic rings. The smallest absolute Gasteiger partial charge is 0.766 e. The Hall–Kier alpha value is -3.10. The second-order valence-corrected chi connectivity index (χ2v) is 11.9. The number of alkyl carbamates (subject to hydrolysis) is 1. The number of nitrogens with one attached hydrogen (secondary N) is 4. The van der Waals surface area contributed by atoms with Crippen LogP contribution in [0.4, 0.5) is 4.79 Å². The fraction of sp³-hybridized carbons (Fsp3) is 0.433. The first-order chi connectivity index (χ1) is 20.6. The van der Waals surface area contributed by atoms with Gasteiger partial charge in [-0.15, -0.1) is 0 Å². The first-order valence-electron chi connectivity index (χ1n) is 14.3. The summed E-state index contributed by atoms with van der Waals surface area (Å²) in [5.41, 5.74) is 2.53. The van der Waals surface area contributed by atoms with Gasteiger partial charge in [0.05, 0.1) is 19.3 Å². The standard InChI is InChI=1S/C30H41N4O8P.Li/c1-4-40-29(36)27(18-23-19-32-25-14-9-8-13-24(23)25)33-28(35)26(17-21(2)3)34-43(38,39)42-16-10-15-31-30(37)41-20-22-11-6-5-7-12-22;/h5-9,11-14,19,21,26-27,32H,4,10,15-18,20H2,1-3H3,(H,31,37)(H,33,35)(H2,34,38,39);/q;+1/p-1/t26-,27-;/m0./s1. The van der Waals surface area contributed by atoms with E-state index in [-0.39, 0.29) is 70.4 Å². The van der Waals surface area contributed by atoms with Gasteiger partial charge in [-0.25, -0.2) is 14.7 Å². The van der Waals surface area contributed by atoms with Gasteiger partial charge >= 0.3 is 30.9 Å². The number of carbonyl (C=O) groups is 3. The first kappa shape index (κ1) is 37.1. The molecule has 4 N–H and O–H groups in total. The van der Waals surface area contributed by atoms with Gasteiger partial charge in [0.25, 0.3) is 0 Å². The van der Waals surface area contributed by atoms with E-state index in [4.69, 9.17) is 14.0 Å². The molecular formula is C30H40LiN4O8P. The van der Waals surface area contributed by atoms with Gasteiger partial charge < -0.3 is 34.5 Å². The number of H-pyrrole nitrogens is 1. The average molecular weight is 623 g/mol. The van der Waals surface area contributed by atoms with Gasteiger partial charge in [0.2, 0.25) is 13.7 Å². The molecule has 0 spiro atoms. The zero-order valence-corrected chi connectivity index (χ0v) is 26.6. The van der Waals surface area contributed by atoms with E-state index in [2.05, 4.69) is 20.7 Å². The SMILES string of the molecule is CCOC(=O)[C@H](Cc1c[nH]c2ccccc12)NC(=O)[C@H](CC(C)C)NP(=O)([O-])OCCCNC(=O)OCc1ccccc1.[Li+]. The molecule has 0 saturated heterocycles. The molecule has 44 heavy (non-hydrogen) atoms. The molecule has 2 amide bonds. The minimum Gasteiger partial charge on any atom is -0.766 e. The summed E-state index contributed by atoms with van der Waals surface area (Å²) in [6, 6.07) is 14.5. The van der Waals surface area contributed by atoms with E-state index in [1.807, 2.05) is 68.4 Å². The summed E-state index contributed by atoms with van der Waals surface area (Å²) < 4.78 is 28.1. The maximum Gasteiger partial charge on any atom is 1.00 e. The maximum absolute atomic E-state index is 13.3. The molecular weight excluding hydrogens is 582 g/mol. The second-order valence-electron chi connectivity index (χ2n) is 10.4. The number of ether oxygens (including phenoxy) is 2. The van der Waals surface area contributed by atoms with Crippen molar-refractivity contribution in [2.24, 2.45) is 5.92 Å². The molecule has 3 atom stereocenters. The molecule has 0 aliphatic heterocycles. The van der Waals surface area contributed by atoms with Gasteiger partial charge in [0.1, 0.15) is 12.6 Å². The van der Waals surface area contributed by atoms with Crippen molar-refractivity contribution in [3.8, 4) is 0 Å². The molecule has 3 rings (SSSR count). The van der Waals surface area contributed by atoms with Crippen LogP contribution in [-0.2, 0) is 41.2 Å². The van der Waals surface area contributed by atoms with Crippen LogP contribution in [0.2, 0.25) is 0 Å². The van der Waals surface area contributed by atoms with Crippen LogP contribution in [0.25, 0.3) is 10.9 Å². The summed E-state index contributed by atoms with van der Waals surface area (Å²) >= 11 is 0. The Balaban J connectivity index is 0.00000675. The summed E-state index contributed by atoms with van der Waals surface area (Å²) in [5.74, 6) is -1.35. The van der Waals surface area contributed by atoms with Crippen molar-refractivity contribution in [3.63, 3.8) is 0 Å². The number of esters is 1. The van der Waals surface area contributed by atoms with Crippen LogP contribution < -0.4 is 39.5 Å². The Labute approximate surface area is 269 Å². The number of fused-ring (bicyclic) bond motifs is 1. The van der Waals surface area contributed by atoms with Crippen LogP contribution >= 0.6 is 7.75 Å². The summed E-state index contributed by atoms with van der Waals surface area (Å²) in [7, 11) is -4.67. The minimum atomic E-state index is -4.67. The Morgan fingerprint density at radius 1 is 1.00 bits per heavy atom. The van der Waals surface area contributed by atoms with E-state index >= 15 is 0 Å². The zero-order chi connectivity index (χ0) is 31.2. The monoisotopic (exact) mass is 622 g/mol. The number of amides is 2. The number of benzene rings is 2. The third kappa shape index (κ3) is 12.5. The predicted octanol–water partition coefficient (Wildman–Crippen LogP) is 0.568. The Morgan fingerprint density at radius 2 is 1.70 bits per heavy atom. The molecule has 0 radical (unpaired) electrons. The molecule has 3 aromatic rings. The van der Waals surface area contributed by atoms with Crippen LogP contribution in [0.1, 0.15) is 44.7 Å². The zero-order valence-electron chi connectivity index (χ0n) is 25.7. The van der Waals surface area contributed by atoms with Crippen molar-refractivity contribution >= 4 is 36.6 Å². The van der Waals surface area contributed by atoms with Gasteiger partial charge in [-0.3, -0.25) is 9.36 Å². The van der Waals surface area contributed by atoms with Crippen LogP contribution in [0, 0.1) is 5.92 Å². The molecule has 0 fully saturated rings. The Kier molecular flexibility index (Phi) is 15.7. The third-order valence-corrected chi connectivity index (χ3v) is 7.54. The average Bonchev–Trinajstić information content (AvgIpc) is 3.38. The molecule has 234 valence electrons. The summed E-state index contributed by atoms with van der Waals surface area (Å²) in [6.45, 7) is 5.48. The van der Waals surface area contributed by atoms with Crippen molar-refractivity contribution in [1.82, 2.24) is 20.7 Å². The number of aromatic amines is 1. The fourth-order valence-corrected chi connectivity index (χ4v) is 5.42. The predicted molar refractivity (Wildman–Crippen MR) is 160 cm³/mol. The van der Waals surface area contributed by atoms with Gasteiger partial charge in [0.15, 0.2) is 0 Å². The second kappa shape index (κ2) is 18.6. The number of rotatable bonds is 17. The van der Waals surface area contributed by atoms with Crippen LogP contribution in [0.15, 0.2) is 60.8 Å². The number of aromatic nitrogens is 1. The summed E-state index contributed by atoms with van der Waals surface area (Å²) in [5, 5.41) is 8.44. The van der Waals surface area contributed by atoms with Gasteiger partial charge in [-0.05, 0) is 42.9 Å². The van der Waals surface area contributed by atoms with Crippen molar-refractivity contribution < 1.29 is 56.7 Å². The molecule has 2 aromatic carbocycles. The Morgan fingerprint density at radius 3 is 2.41 bits per heavy atom. The van der Waals surface area contributed by atoms with Crippen LogP contribution in [-0.4, -0.2) is 54.8 Å². The molecule has 1 unspecified atom stereocenters. The molecule has 12 nitrogen and oxygen atoms in total. The van der Waals surface area contributed by atoms with Gasteiger partial charge in [0, 0.05) is 30.1 Å². The molecule has 1 heterocycles. The van der Waals surface area contributed by atoms with Crippen molar-refractivity contribution in [3.05, 3.63) is 71.9 Å². The molecule has 0 saturated carbocycles. The topological polar surface area (TPSA) is 171 Å². The quantitative estimate of drug-likeness (QED) is 0.0727. The van der Waals surface area contributed by atoms with E-state index in [0.29, 0.717) is 0 Å². The summed E-state index contributed by atoms with van der Waals surface area (Å²) in [4.78, 5) is 53.8. The fourth-order valence-electron chi connectivity index (χ4n) is 4.37. The first-order valence-corrected chi connectivity index (χ1v) is 15.8. The normalized spacial score (nSPS) is 13.8. The van der Waals surface area contributed by atoms with Gasteiger partial charge in [-0.2, -0.15) is 0 Å². The number of hydrogen-bond acceptors (Lipinski definition) is 8. The molecule has 1 aromatic heterocycles. The van der Waals surface area contributed by atoms with E-state index in [0.717, 1.165) is 22.0 Å². The number of hydrogen-bond donors (Lipinski definition) is 4.